The molecular formula is C23H19ClN2OS. The smallest absolute Gasteiger partial charge is 0.161 e. The second-order valence-corrected chi connectivity index (χ2v) is 8.43. The predicted molar refractivity (Wildman–Crippen MR) is 114 cm³/mol. The summed E-state index contributed by atoms with van der Waals surface area (Å²) in [7, 11) is 0. The van der Waals surface area contributed by atoms with Crippen LogP contribution in [0, 0.1) is 17.2 Å². The Labute approximate surface area is 174 Å². The molecule has 0 N–H and O–H groups in total. The molecule has 5 heteroatoms. The molecule has 0 saturated carbocycles. The van der Waals surface area contributed by atoms with E-state index < -0.39 is 5.92 Å². The highest BCUT2D eigenvalue weighted by Gasteiger charge is 2.40. The summed E-state index contributed by atoms with van der Waals surface area (Å²) in [5.74, 6) is 0.135. The van der Waals surface area contributed by atoms with Gasteiger partial charge in [0.25, 0.3) is 0 Å². The molecule has 0 amide bonds. The fourth-order valence-electron chi connectivity index (χ4n) is 3.84. The van der Waals surface area contributed by atoms with Crippen molar-refractivity contribution in [2.75, 3.05) is 0 Å². The maximum Gasteiger partial charge on any atom is 0.161 e. The van der Waals surface area contributed by atoms with Crippen LogP contribution in [0.1, 0.15) is 36.3 Å². The third-order valence-corrected chi connectivity index (χ3v) is 6.55. The number of rotatable bonds is 3. The molecule has 2 aliphatic rings. The van der Waals surface area contributed by atoms with Crippen LogP contribution in [0.4, 0.5) is 0 Å². The van der Waals surface area contributed by atoms with Crippen molar-refractivity contribution in [2.45, 2.75) is 30.9 Å². The van der Waals surface area contributed by atoms with Gasteiger partial charge in [0.2, 0.25) is 0 Å². The Morgan fingerprint density at radius 3 is 2.57 bits per heavy atom. The van der Waals surface area contributed by atoms with Crippen LogP contribution in [-0.4, -0.2) is 10.8 Å². The summed E-state index contributed by atoms with van der Waals surface area (Å²) in [6.45, 7) is 0. The van der Waals surface area contributed by atoms with E-state index in [1.807, 2.05) is 42.5 Å². The predicted octanol–water partition coefficient (Wildman–Crippen LogP) is 5.92. The molecule has 140 valence electrons. The van der Waals surface area contributed by atoms with Gasteiger partial charge in [-0.05, 0) is 36.1 Å². The Hall–Kier alpha value is -2.35. The van der Waals surface area contributed by atoms with Crippen LogP contribution in [0.5, 0.6) is 0 Å². The zero-order valence-corrected chi connectivity index (χ0v) is 16.8. The minimum Gasteiger partial charge on any atom is -0.294 e. The molecule has 1 unspecified atom stereocenters. The molecule has 2 aromatic rings. The number of hydrogen-bond acceptors (Lipinski definition) is 4. The van der Waals surface area contributed by atoms with Crippen LogP contribution in [0.2, 0.25) is 5.02 Å². The first kappa shape index (κ1) is 19.0. The molecule has 3 nitrogen and oxygen atoms in total. The van der Waals surface area contributed by atoms with Crippen LogP contribution in [-0.2, 0) is 10.5 Å². The molecule has 1 aliphatic heterocycles. The van der Waals surface area contributed by atoms with E-state index in [0.717, 1.165) is 40.5 Å². The van der Waals surface area contributed by atoms with Crippen LogP contribution in [0.3, 0.4) is 0 Å². The van der Waals surface area contributed by atoms with Crippen molar-refractivity contribution in [3.05, 3.63) is 82.0 Å². The Balaban J connectivity index is 1.73. The molecular weight excluding hydrogens is 388 g/mol. The highest BCUT2D eigenvalue weighted by molar-refractivity contribution is 8.13. The topological polar surface area (TPSA) is 53.2 Å². The number of hydrogen-bond donors (Lipinski definition) is 0. The minimum absolute atomic E-state index is 0.123. The number of carbonyl (C=O) groups is 1. The van der Waals surface area contributed by atoms with Gasteiger partial charge in [0, 0.05) is 34.4 Å². The SMILES string of the molecule is N#CC1C(SCc2ccccc2)=NC2=C(C(=O)CCC2)[C@H]1c1ccc(Cl)cc1. The van der Waals surface area contributed by atoms with E-state index in [0.29, 0.717) is 11.4 Å². The van der Waals surface area contributed by atoms with E-state index in [4.69, 9.17) is 16.6 Å². The van der Waals surface area contributed by atoms with Crippen LogP contribution >= 0.6 is 23.4 Å². The zero-order chi connectivity index (χ0) is 19.5. The second kappa shape index (κ2) is 8.34. The number of nitriles is 1. The summed E-state index contributed by atoms with van der Waals surface area (Å²) in [6.07, 6.45) is 2.14. The number of thioether (sulfide) groups is 1. The molecule has 2 atom stereocenters. The molecule has 0 aromatic heterocycles. The van der Waals surface area contributed by atoms with Gasteiger partial charge < -0.3 is 0 Å². The third-order valence-electron chi connectivity index (χ3n) is 5.18. The van der Waals surface area contributed by atoms with Crippen molar-refractivity contribution in [1.29, 1.82) is 5.26 Å². The van der Waals surface area contributed by atoms with Gasteiger partial charge in [-0.3, -0.25) is 4.79 Å². The summed E-state index contributed by atoms with van der Waals surface area (Å²) in [5, 5.41) is 11.5. The summed E-state index contributed by atoms with van der Waals surface area (Å²) in [5.41, 5.74) is 3.73. The van der Waals surface area contributed by atoms with Crippen LogP contribution in [0.25, 0.3) is 0 Å². The highest BCUT2D eigenvalue weighted by Crippen LogP contribution is 2.45. The van der Waals surface area contributed by atoms with Crippen molar-refractivity contribution < 1.29 is 4.79 Å². The quantitative estimate of drug-likeness (QED) is 0.636. The minimum atomic E-state index is -0.462. The molecule has 2 aromatic carbocycles. The lowest BCUT2D eigenvalue weighted by Gasteiger charge is -2.33. The number of halogens is 1. The first-order valence-electron chi connectivity index (χ1n) is 9.34. The number of allylic oxidation sites excluding steroid dienone is 2. The summed E-state index contributed by atoms with van der Waals surface area (Å²) in [6, 6.07) is 20.1. The first-order chi connectivity index (χ1) is 13.7. The molecule has 0 fully saturated rings. The highest BCUT2D eigenvalue weighted by atomic mass is 35.5. The van der Waals surface area contributed by atoms with E-state index in [1.165, 1.54) is 5.56 Å². The average molecular weight is 407 g/mol. The molecule has 1 heterocycles. The van der Waals surface area contributed by atoms with E-state index in [9.17, 15) is 10.1 Å². The monoisotopic (exact) mass is 406 g/mol. The Morgan fingerprint density at radius 1 is 1.11 bits per heavy atom. The molecule has 28 heavy (non-hydrogen) atoms. The lowest BCUT2D eigenvalue weighted by Crippen LogP contribution is -2.30. The van der Waals surface area contributed by atoms with Gasteiger partial charge >= 0.3 is 0 Å². The normalized spacial score (nSPS) is 21.7. The molecule has 4 rings (SSSR count). The van der Waals surface area contributed by atoms with Crippen molar-refractivity contribution in [3.8, 4) is 6.07 Å². The second-order valence-electron chi connectivity index (χ2n) is 7.00. The Kier molecular flexibility index (Phi) is 5.66. The van der Waals surface area contributed by atoms with Gasteiger partial charge in [-0.25, -0.2) is 4.99 Å². The number of carbonyl (C=O) groups excluding carboxylic acids is 1. The molecule has 0 bridgehead atoms. The van der Waals surface area contributed by atoms with Crippen molar-refractivity contribution in [1.82, 2.24) is 0 Å². The van der Waals surface area contributed by atoms with Gasteiger partial charge in [-0.2, -0.15) is 5.26 Å². The zero-order valence-electron chi connectivity index (χ0n) is 15.3. The first-order valence-corrected chi connectivity index (χ1v) is 10.7. The lowest BCUT2D eigenvalue weighted by molar-refractivity contribution is -0.116. The van der Waals surface area contributed by atoms with E-state index >= 15 is 0 Å². The molecule has 0 spiro atoms. The summed E-state index contributed by atoms with van der Waals surface area (Å²) in [4.78, 5) is 17.6. The van der Waals surface area contributed by atoms with E-state index in [2.05, 4.69) is 18.2 Å². The number of nitrogens with zero attached hydrogens (tertiary/aromatic N) is 2. The number of ketones is 1. The number of aliphatic imine (C=N–C) groups is 1. The van der Waals surface area contributed by atoms with Crippen LogP contribution < -0.4 is 0 Å². The average Bonchev–Trinajstić information content (AvgIpc) is 2.73. The molecule has 0 radical (unpaired) electrons. The van der Waals surface area contributed by atoms with Gasteiger partial charge in [0.05, 0.1) is 11.1 Å². The van der Waals surface area contributed by atoms with E-state index in [1.54, 1.807) is 11.8 Å². The van der Waals surface area contributed by atoms with E-state index in [-0.39, 0.29) is 11.7 Å². The van der Waals surface area contributed by atoms with Gasteiger partial charge in [0.1, 0.15) is 5.92 Å². The van der Waals surface area contributed by atoms with Gasteiger partial charge in [-0.1, -0.05) is 54.1 Å². The largest absolute Gasteiger partial charge is 0.294 e. The fraction of sp³-hybridized carbons (Fsp3) is 0.261. The molecule has 1 aliphatic carbocycles. The number of Topliss-reactive ketones (excluding diaryl/α,β-unsaturated/α-hetero) is 1. The summed E-state index contributed by atoms with van der Waals surface area (Å²) < 4.78 is 0. The maximum absolute atomic E-state index is 12.8. The number of benzene rings is 2. The lowest BCUT2D eigenvalue weighted by atomic mass is 9.74. The van der Waals surface area contributed by atoms with Crippen molar-refractivity contribution in [2.24, 2.45) is 10.9 Å². The van der Waals surface area contributed by atoms with Crippen molar-refractivity contribution >= 4 is 34.2 Å². The Bertz CT molecular complexity index is 990. The maximum atomic E-state index is 12.8. The Morgan fingerprint density at radius 2 is 1.86 bits per heavy atom. The fourth-order valence-corrected chi connectivity index (χ4v) is 5.02. The van der Waals surface area contributed by atoms with Gasteiger partial charge in [-0.15, -0.1) is 11.8 Å². The molecule has 0 saturated heterocycles. The van der Waals surface area contributed by atoms with Gasteiger partial charge in [0.15, 0.2) is 5.78 Å². The summed E-state index contributed by atoms with van der Waals surface area (Å²) >= 11 is 7.66. The standard InChI is InChI=1S/C23H19ClN2OS/c24-17-11-9-16(10-12-17)21-18(13-25)23(28-14-15-5-2-1-3-6-15)26-19-7-4-8-20(27)22(19)21/h1-3,5-6,9-12,18,21H,4,7-8,14H2/t18?,21-/m0/s1. The third kappa shape index (κ3) is 3.78. The van der Waals surface area contributed by atoms with Crippen molar-refractivity contribution in [3.63, 3.8) is 0 Å². The van der Waals surface area contributed by atoms with Crippen LogP contribution in [0.15, 0.2) is 70.9 Å².